The molecule has 1 atom stereocenters. The molecule has 0 aromatic heterocycles. The van der Waals surface area contributed by atoms with E-state index >= 15 is 0 Å². The first kappa shape index (κ1) is 21.2. The Morgan fingerprint density at radius 3 is 2.48 bits per heavy atom. The van der Waals surface area contributed by atoms with Crippen LogP contribution in [0.5, 0.6) is 0 Å². The van der Waals surface area contributed by atoms with Crippen LogP contribution in [0.1, 0.15) is 36.5 Å². The van der Waals surface area contributed by atoms with Crippen LogP contribution in [0.25, 0.3) is 0 Å². The second kappa shape index (κ2) is 8.87. The minimum atomic E-state index is -0.614. The fourth-order valence-electron chi connectivity index (χ4n) is 3.62. The van der Waals surface area contributed by atoms with Crippen LogP contribution >= 0.6 is 11.6 Å². The monoisotopic (exact) mass is 413 g/mol. The van der Waals surface area contributed by atoms with E-state index in [4.69, 9.17) is 11.6 Å². The zero-order chi connectivity index (χ0) is 21.0. The summed E-state index contributed by atoms with van der Waals surface area (Å²) in [6.07, 6.45) is 1.53. The summed E-state index contributed by atoms with van der Waals surface area (Å²) in [6.45, 7) is 7.39. The zero-order valence-corrected chi connectivity index (χ0v) is 18.0. The molecule has 2 aromatic carbocycles. The molecule has 2 aromatic rings. The Labute approximate surface area is 177 Å². The number of carbonyl (C=O) groups excluding carboxylic acids is 2. The molecule has 1 saturated heterocycles. The van der Waals surface area contributed by atoms with E-state index in [2.05, 4.69) is 10.6 Å². The minimum absolute atomic E-state index is 0.0241. The molecule has 1 heterocycles. The van der Waals surface area contributed by atoms with E-state index in [0.29, 0.717) is 30.3 Å². The van der Waals surface area contributed by atoms with Crippen LogP contribution in [0.3, 0.4) is 0 Å². The predicted octanol–water partition coefficient (Wildman–Crippen LogP) is 4.91. The van der Waals surface area contributed by atoms with Gasteiger partial charge in [0.25, 0.3) is 0 Å². The van der Waals surface area contributed by atoms with Crippen molar-refractivity contribution in [2.45, 2.75) is 40.2 Å². The number of urea groups is 1. The third kappa shape index (κ3) is 5.30. The molecule has 154 valence electrons. The van der Waals surface area contributed by atoms with Crippen LogP contribution in [0.15, 0.2) is 42.5 Å². The lowest BCUT2D eigenvalue weighted by atomic mass is 9.81. The first-order valence-electron chi connectivity index (χ1n) is 9.93. The van der Waals surface area contributed by atoms with Gasteiger partial charge in [0.1, 0.15) is 0 Å². The Morgan fingerprint density at radius 2 is 1.79 bits per heavy atom. The summed E-state index contributed by atoms with van der Waals surface area (Å²) in [5.74, 6) is -0.0241. The Morgan fingerprint density at radius 1 is 1.10 bits per heavy atom. The van der Waals surface area contributed by atoms with Gasteiger partial charge in [0.05, 0.1) is 16.1 Å². The van der Waals surface area contributed by atoms with Crippen molar-refractivity contribution in [3.63, 3.8) is 0 Å². The van der Waals surface area contributed by atoms with Gasteiger partial charge >= 0.3 is 6.03 Å². The Bertz CT molecular complexity index is 897. The molecule has 0 bridgehead atoms. The largest absolute Gasteiger partial charge is 0.351 e. The van der Waals surface area contributed by atoms with E-state index in [0.717, 1.165) is 24.0 Å². The second-order valence-electron chi connectivity index (χ2n) is 8.17. The van der Waals surface area contributed by atoms with Crippen molar-refractivity contribution in [2.75, 3.05) is 18.4 Å². The molecule has 3 amide bonds. The fraction of sp³-hybridized carbons (Fsp3) is 0.391. The van der Waals surface area contributed by atoms with Gasteiger partial charge in [-0.05, 0) is 56.9 Å². The number of carbonyl (C=O) groups is 2. The van der Waals surface area contributed by atoms with Gasteiger partial charge in [0.15, 0.2) is 0 Å². The van der Waals surface area contributed by atoms with Crippen molar-refractivity contribution in [1.82, 2.24) is 10.2 Å². The summed E-state index contributed by atoms with van der Waals surface area (Å²) >= 11 is 6.23. The highest BCUT2D eigenvalue weighted by atomic mass is 35.5. The third-order valence-electron chi connectivity index (χ3n) is 5.47. The maximum atomic E-state index is 12.9. The Kier molecular flexibility index (Phi) is 6.48. The smallest absolute Gasteiger partial charge is 0.321 e. The van der Waals surface area contributed by atoms with E-state index in [1.54, 1.807) is 11.0 Å². The SMILES string of the molecule is Cc1ccc(CNC(=O)[C@]2(C)CCCN(C(=O)Nc3ccc(C)cc3Cl)C2)cc1. The lowest BCUT2D eigenvalue weighted by Crippen LogP contribution is -2.52. The molecule has 0 unspecified atom stereocenters. The van der Waals surface area contributed by atoms with Gasteiger partial charge in [0, 0.05) is 19.6 Å². The van der Waals surface area contributed by atoms with Gasteiger partial charge in [-0.2, -0.15) is 0 Å². The van der Waals surface area contributed by atoms with Gasteiger partial charge in [0.2, 0.25) is 5.91 Å². The number of amides is 3. The van der Waals surface area contributed by atoms with Gasteiger partial charge in [-0.3, -0.25) is 4.79 Å². The number of aryl methyl sites for hydroxylation is 2. The number of rotatable bonds is 4. The lowest BCUT2D eigenvalue weighted by molar-refractivity contribution is -0.132. The zero-order valence-electron chi connectivity index (χ0n) is 17.2. The van der Waals surface area contributed by atoms with Crippen LogP contribution in [-0.2, 0) is 11.3 Å². The van der Waals surface area contributed by atoms with E-state index in [-0.39, 0.29) is 11.9 Å². The number of nitrogens with zero attached hydrogens (tertiary/aromatic N) is 1. The summed E-state index contributed by atoms with van der Waals surface area (Å²) in [4.78, 5) is 27.3. The van der Waals surface area contributed by atoms with Crippen molar-refractivity contribution in [3.05, 3.63) is 64.2 Å². The van der Waals surface area contributed by atoms with Gasteiger partial charge < -0.3 is 15.5 Å². The molecule has 0 saturated carbocycles. The number of nitrogens with one attached hydrogen (secondary N) is 2. The molecule has 1 aliphatic rings. The minimum Gasteiger partial charge on any atom is -0.351 e. The average Bonchev–Trinajstić information content (AvgIpc) is 2.69. The molecule has 5 nitrogen and oxygen atoms in total. The topological polar surface area (TPSA) is 61.4 Å². The van der Waals surface area contributed by atoms with Crippen LogP contribution in [0, 0.1) is 19.3 Å². The lowest BCUT2D eigenvalue weighted by Gasteiger charge is -2.39. The number of likely N-dealkylation sites (tertiary alicyclic amines) is 1. The highest BCUT2D eigenvalue weighted by Crippen LogP contribution is 2.31. The Hall–Kier alpha value is -2.53. The molecule has 1 aliphatic heterocycles. The predicted molar refractivity (Wildman–Crippen MR) is 117 cm³/mol. The average molecular weight is 414 g/mol. The molecule has 1 fully saturated rings. The molecule has 6 heteroatoms. The van der Waals surface area contributed by atoms with Crippen molar-refractivity contribution in [3.8, 4) is 0 Å². The van der Waals surface area contributed by atoms with Crippen LogP contribution < -0.4 is 10.6 Å². The number of anilines is 1. The van der Waals surface area contributed by atoms with Gasteiger partial charge in [-0.1, -0.05) is 47.5 Å². The number of benzene rings is 2. The summed E-state index contributed by atoms with van der Waals surface area (Å²) in [5, 5.41) is 6.41. The van der Waals surface area contributed by atoms with E-state index in [9.17, 15) is 9.59 Å². The highest BCUT2D eigenvalue weighted by molar-refractivity contribution is 6.33. The van der Waals surface area contributed by atoms with Crippen molar-refractivity contribution in [1.29, 1.82) is 0 Å². The standard InChI is InChI=1S/C23H28ClN3O2/c1-16-5-8-18(9-6-16)14-25-21(28)23(3)11-4-12-27(15-23)22(29)26-20-10-7-17(2)13-19(20)24/h5-10,13H,4,11-12,14-15H2,1-3H3,(H,25,28)(H,26,29)/t23-/m1/s1. The summed E-state index contributed by atoms with van der Waals surface area (Å²) in [6, 6.07) is 13.4. The van der Waals surface area contributed by atoms with Crippen molar-refractivity contribution in [2.24, 2.45) is 5.41 Å². The van der Waals surface area contributed by atoms with E-state index in [1.165, 1.54) is 5.56 Å². The molecular formula is C23H28ClN3O2. The first-order chi connectivity index (χ1) is 13.8. The molecule has 3 rings (SSSR count). The molecular weight excluding hydrogens is 386 g/mol. The number of hydrogen-bond donors (Lipinski definition) is 2. The number of halogens is 1. The van der Waals surface area contributed by atoms with Crippen molar-refractivity contribution >= 4 is 29.2 Å². The quantitative estimate of drug-likeness (QED) is 0.748. The number of piperidine rings is 1. The fourth-order valence-corrected chi connectivity index (χ4v) is 3.90. The third-order valence-corrected chi connectivity index (χ3v) is 5.78. The maximum absolute atomic E-state index is 12.9. The van der Waals surface area contributed by atoms with E-state index < -0.39 is 5.41 Å². The van der Waals surface area contributed by atoms with Gasteiger partial charge in [-0.25, -0.2) is 4.79 Å². The van der Waals surface area contributed by atoms with E-state index in [1.807, 2.05) is 57.2 Å². The maximum Gasteiger partial charge on any atom is 0.321 e. The normalized spacial score (nSPS) is 19.0. The van der Waals surface area contributed by atoms with Crippen LogP contribution in [-0.4, -0.2) is 29.9 Å². The summed E-state index contributed by atoms with van der Waals surface area (Å²) in [7, 11) is 0. The number of hydrogen-bond acceptors (Lipinski definition) is 2. The van der Waals surface area contributed by atoms with Crippen molar-refractivity contribution < 1.29 is 9.59 Å². The molecule has 29 heavy (non-hydrogen) atoms. The summed E-state index contributed by atoms with van der Waals surface area (Å²) in [5.41, 5.74) is 3.25. The molecule has 2 N–H and O–H groups in total. The van der Waals surface area contributed by atoms with Crippen LogP contribution in [0.2, 0.25) is 5.02 Å². The second-order valence-corrected chi connectivity index (χ2v) is 8.57. The van der Waals surface area contributed by atoms with Gasteiger partial charge in [-0.15, -0.1) is 0 Å². The highest BCUT2D eigenvalue weighted by Gasteiger charge is 2.39. The molecule has 0 spiro atoms. The summed E-state index contributed by atoms with van der Waals surface area (Å²) < 4.78 is 0. The molecule has 0 radical (unpaired) electrons. The van der Waals surface area contributed by atoms with Crippen LogP contribution in [0.4, 0.5) is 10.5 Å². The Balaban J connectivity index is 1.60. The molecule has 0 aliphatic carbocycles. The first-order valence-corrected chi connectivity index (χ1v) is 10.3.